The lowest BCUT2D eigenvalue weighted by molar-refractivity contribution is -0.138. The smallest absolute Gasteiger partial charge is 0.340 e. The number of hydrogen-bond donors (Lipinski definition) is 0. The number of benzene rings is 2. The van der Waals surface area contributed by atoms with E-state index in [0.29, 0.717) is 16.8 Å². The summed E-state index contributed by atoms with van der Waals surface area (Å²) in [6.07, 6.45) is 1.83. The molecule has 5 nitrogen and oxygen atoms in total. The molecule has 0 atom stereocenters. The molecule has 1 aliphatic rings. The van der Waals surface area contributed by atoms with Crippen molar-refractivity contribution >= 4 is 23.6 Å². The normalized spacial score (nSPS) is 14.9. The van der Waals surface area contributed by atoms with Crippen LogP contribution < -0.4 is 4.90 Å². The summed E-state index contributed by atoms with van der Waals surface area (Å²) in [5, 5.41) is 0. The maximum atomic E-state index is 13.7. The van der Waals surface area contributed by atoms with Crippen LogP contribution in [0.15, 0.2) is 65.4 Å². The highest BCUT2D eigenvalue weighted by Crippen LogP contribution is 2.37. The summed E-state index contributed by atoms with van der Waals surface area (Å²) in [5.74, 6) is -0.711. The van der Waals surface area contributed by atoms with Gasteiger partial charge in [0.05, 0.1) is 17.8 Å². The van der Waals surface area contributed by atoms with Crippen molar-refractivity contribution in [2.75, 3.05) is 11.5 Å². The summed E-state index contributed by atoms with van der Waals surface area (Å²) in [5.41, 5.74) is 9.41. The Bertz CT molecular complexity index is 1390. The number of aromatic nitrogens is 1. The Morgan fingerprint density at radius 2 is 1.54 bits per heavy atom. The van der Waals surface area contributed by atoms with Crippen LogP contribution in [0.25, 0.3) is 11.8 Å². The number of anilines is 1. The molecule has 1 aliphatic heterocycles. The van der Waals surface area contributed by atoms with E-state index in [1.807, 2.05) is 58.0 Å². The average molecular weight is 469 g/mol. The average Bonchev–Trinajstić information content (AvgIpc) is 3.22. The third-order valence-electron chi connectivity index (χ3n) is 6.69. The molecule has 3 aromatic rings. The topological polar surface area (TPSA) is 51.5 Å². The summed E-state index contributed by atoms with van der Waals surface area (Å²) < 4.78 is 7.52. The van der Waals surface area contributed by atoms with Gasteiger partial charge in [-0.3, -0.25) is 9.69 Å². The van der Waals surface area contributed by atoms with E-state index in [1.54, 1.807) is 18.7 Å². The highest BCUT2D eigenvalue weighted by atomic mass is 16.5. The molecule has 2 aromatic carbocycles. The van der Waals surface area contributed by atoms with Crippen LogP contribution in [0.3, 0.4) is 0 Å². The zero-order chi connectivity index (χ0) is 25.4. The zero-order valence-electron chi connectivity index (χ0n) is 21.5. The molecule has 2 heterocycles. The second-order valence-corrected chi connectivity index (χ2v) is 9.15. The lowest BCUT2D eigenvalue weighted by Crippen LogP contribution is -2.24. The van der Waals surface area contributed by atoms with Crippen molar-refractivity contribution in [2.45, 2.75) is 48.5 Å². The minimum Gasteiger partial charge on any atom is -0.462 e. The van der Waals surface area contributed by atoms with Crippen molar-refractivity contribution in [1.82, 2.24) is 4.57 Å². The zero-order valence-corrected chi connectivity index (χ0v) is 21.5. The van der Waals surface area contributed by atoms with Gasteiger partial charge in [0.15, 0.2) is 0 Å². The first kappa shape index (κ1) is 24.3. The Balaban J connectivity index is 1.85. The minimum atomic E-state index is -0.483. The van der Waals surface area contributed by atoms with Gasteiger partial charge < -0.3 is 9.30 Å². The van der Waals surface area contributed by atoms with Crippen molar-refractivity contribution in [2.24, 2.45) is 0 Å². The van der Waals surface area contributed by atoms with Crippen LogP contribution in [0.1, 0.15) is 47.5 Å². The predicted octanol–water partition coefficient (Wildman–Crippen LogP) is 6.29. The van der Waals surface area contributed by atoms with Gasteiger partial charge in [0.2, 0.25) is 0 Å². The molecular formula is C30H32N2O3. The van der Waals surface area contributed by atoms with E-state index in [-0.39, 0.29) is 12.5 Å². The fourth-order valence-corrected chi connectivity index (χ4v) is 4.64. The minimum absolute atomic E-state index is 0.228. The molecule has 0 N–H and O–H groups in total. The third kappa shape index (κ3) is 4.34. The van der Waals surface area contributed by atoms with Crippen LogP contribution in [-0.2, 0) is 14.3 Å². The molecule has 35 heavy (non-hydrogen) atoms. The van der Waals surface area contributed by atoms with Gasteiger partial charge in [-0.05, 0) is 102 Å². The molecule has 0 aliphatic carbocycles. The molecule has 0 fully saturated rings. The molecule has 5 heteroatoms. The third-order valence-corrected chi connectivity index (χ3v) is 6.69. The summed E-state index contributed by atoms with van der Waals surface area (Å²) in [6, 6.07) is 16.3. The van der Waals surface area contributed by atoms with Gasteiger partial charge in [-0.2, -0.15) is 0 Å². The highest BCUT2D eigenvalue weighted by molar-refractivity contribution is 6.23. The van der Waals surface area contributed by atoms with E-state index >= 15 is 0 Å². The number of hydrogen-bond acceptors (Lipinski definition) is 3. The lowest BCUT2D eigenvalue weighted by atomic mass is 10.0. The first-order valence-corrected chi connectivity index (χ1v) is 11.9. The fourth-order valence-electron chi connectivity index (χ4n) is 4.64. The SMILES string of the molecule is CCOC(=O)C1=C(C)N(c2ccc(C)c(C)c2)C(=O)/C1=C\c1cc(C)n(-c2ccc(C)cc2)c1C. The van der Waals surface area contributed by atoms with Crippen molar-refractivity contribution < 1.29 is 14.3 Å². The maximum Gasteiger partial charge on any atom is 0.340 e. The van der Waals surface area contributed by atoms with Crippen LogP contribution in [0, 0.1) is 34.6 Å². The summed E-state index contributed by atoms with van der Waals surface area (Å²) in [4.78, 5) is 28.4. The van der Waals surface area contributed by atoms with Gasteiger partial charge in [0, 0.05) is 28.5 Å². The van der Waals surface area contributed by atoms with Crippen molar-refractivity contribution in [3.8, 4) is 5.69 Å². The van der Waals surface area contributed by atoms with Crippen molar-refractivity contribution in [3.05, 3.63) is 99.0 Å². The quantitative estimate of drug-likeness (QED) is 0.327. The van der Waals surface area contributed by atoms with Crippen LogP contribution in [0.2, 0.25) is 0 Å². The molecule has 180 valence electrons. The van der Waals surface area contributed by atoms with E-state index in [4.69, 9.17) is 4.74 Å². The number of ether oxygens (including phenoxy) is 1. The highest BCUT2D eigenvalue weighted by Gasteiger charge is 2.38. The van der Waals surface area contributed by atoms with Gasteiger partial charge >= 0.3 is 5.97 Å². The van der Waals surface area contributed by atoms with Crippen molar-refractivity contribution in [3.63, 3.8) is 0 Å². The Morgan fingerprint density at radius 1 is 0.886 bits per heavy atom. The van der Waals surface area contributed by atoms with E-state index in [0.717, 1.165) is 39.5 Å². The van der Waals surface area contributed by atoms with Crippen LogP contribution in [0.4, 0.5) is 5.69 Å². The monoisotopic (exact) mass is 468 g/mol. The Morgan fingerprint density at radius 3 is 2.17 bits per heavy atom. The number of esters is 1. The van der Waals surface area contributed by atoms with Gasteiger partial charge in [0.1, 0.15) is 0 Å². The predicted molar refractivity (Wildman–Crippen MR) is 141 cm³/mol. The van der Waals surface area contributed by atoms with Crippen LogP contribution in [-0.4, -0.2) is 23.1 Å². The number of allylic oxidation sites excluding steroid dienone is 1. The molecule has 0 unspecified atom stereocenters. The second kappa shape index (κ2) is 9.41. The first-order valence-electron chi connectivity index (χ1n) is 11.9. The Kier molecular flexibility index (Phi) is 6.53. The van der Waals surface area contributed by atoms with E-state index in [1.165, 1.54) is 5.56 Å². The molecule has 4 rings (SSSR count). The number of nitrogens with zero attached hydrogens (tertiary/aromatic N) is 2. The van der Waals surface area contributed by atoms with Gasteiger partial charge in [-0.1, -0.05) is 23.8 Å². The number of carbonyl (C=O) groups excluding carboxylic acids is 2. The van der Waals surface area contributed by atoms with Crippen molar-refractivity contribution in [1.29, 1.82) is 0 Å². The summed E-state index contributed by atoms with van der Waals surface area (Å²) in [6.45, 7) is 14.0. The molecule has 0 bridgehead atoms. The maximum absolute atomic E-state index is 13.7. The van der Waals surface area contributed by atoms with Gasteiger partial charge in [-0.25, -0.2) is 4.79 Å². The molecule has 0 radical (unpaired) electrons. The van der Waals surface area contributed by atoms with Crippen LogP contribution in [0.5, 0.6) is 0 Å². The second-order valence-electron chi connectivity index (χ2n) is 9.15. The summed E-state index contributed by atoms with van der Waals surface area (Å²) in [7, 11) is 0. The largest absolute Gasteiger partial charge is 0.462 e. The molecule has 1 amide bonds. The molecule has 0 spiro atoms. The van der Waals surface area contributed by atoms with Gasteiger partial charge in [-0.15, -0.1) is 0 Å². The molecule has 1 aromatic heterocycles. The molecular weight excluding hydrogens is 436 g/mol. The van der Waals surface area contributed by atoms with E-state index in [9.17, 15) is 9.59 Å². The van der Waals surface area contributed by atoms with Gasteiger partial charge in [0.25, 0.3) is 5.91 Å². The number of rotatable bonds is 5. The summed E-state index contributed by atoms with van der Waals surface area (Å²) >= 11 is 0. The van der Waals surface area contributed by atoms with E-state index < -0.39 is 5.97 Å². The fraction of sp³-hybridized carbons (Fsp3) is 0.267. The standard InChI is InChI=1S/C30H32N2O3/c1-8-35-30(34)28-23(7)32(26-14-11-19(3)20(4)15-26)29(33)27(28)17-24-16-21(5)31(22(24)6)25-12-9-18(2)10-13-25/h9-17H,8H2,1-7H3/b27-17-. The number of carbonyl (C=O) groups is 2. The first-order chi connectivity index (χ1) is 16.6. The Labute approximate surface area is 207 Å². The van der Waals surface area contributed by atoms with E-state index in [2.05, 4.69) is 35.8 Å². The van der Waals surface area contributed by atoms with Crippen LogP contribution >= 0.6 is 0 Å². The Hall–Kier alpha value is -3.86. The molecule has 0 saturated heterocycles. The molecule has 0 saturated carbocycles. The number of aryl methyl sites for hydroxylation is 4. The number of amides is 1. The lowest BCUT2D eigenvalue weighted by Gasteiger charge is -2.19.